The largest absolute Gasteiger partial charge is 0.497 e. The van der Waals surface area contributed by atoms with E-state index in [2.05, 4.69) is 0 Å². The van der Waals surface area contributed by atoms with Gasteiger partial charge in [0.1, 0.15) is 11.5 Å². The van der Waals surface area contributed by atoms with E-state index in [1.165, 1.54) is 5.01 Å². The minimum atomic E-state index is -0.446. The fourth-order valence-electron chi connectivity index (χ4n) is 5.01. The molecule has 0 fully saturated rings. The predicted octanol–water partition coefficient (Wildman–Crippen LogP) is 7.20. The number of nitrogens with zero attached hydrogens (tertiary/aromatic N) is 4. The van der Waals surface area contributed by atoms with Crippen molar-refractivity contribution in [2.24, 2.45) is 5.10 Å². The maximum atomic E-state index is 14.1. The van der Waals surface area contributed by atoms with Crippen LogP contribution in [0.1, 0.15) is 33.9 Å². The fourth-order valence-corrected chi connectivity index (χ4v) is 5.23. The number of benzene rings is 4. The van der Waals surface area contributed by atoms with E-state index in [0.29, 0.717) is 28.5 Å². The Morgan fingerprint density at radius 3 is 2.12 bits per heavy atom. The van der Waals surface area contributed by atoms with Crippen LogP contribution in [0, 0.1) is 0 Å². The summed E-state index contributed by atoms with van der Waals surface area (Å²) < 4.78 is 12.9. The second-order valence-electron chi connectivity index (χ2n) is 9.58. The molecule has 1 aliphatic rings. The lowest BCUT2D eigenvalue weighted by Gasteiger charge is -2.22. The molecule has 41 heavy (non-hydrogen) atoms. The van der Waals surface area contributed by atoms with Crippen molar-refractivity contribution in [3.05, 3.63) is 131 Å². The van der Waals surface area contributed by atoms with E-state index < -0.39 is 6.04 Å². The van der Waals surface area contributed by atoms with Gasteiger partial charge in [0.05, 0.1) is 47.9 Å². The molecule has 7 nitrogen and oxygen atoms in total. The molecule has 0 saturated carbocycles. The zero-order valence-electron chi connectivity index (χ0n) is 22.6. The third-order valence-electron chi connectivity index (χ3n) is 7.08. The molecule has 0 spiro atoms. The molecule has 0 radical (unpaired) electrons. The van der Waals surface area contributed by atoms with Crippen LogP contribution in [-0.2, 0) is 0 Å². The Kier molecular flexibility index (Phi) is 7.27. The smallest absolute Gasteiger partial charge is 0.276 e. The maximum absolute atomic E-state index is 14.1. The third-order valence-corrected chi connectivity index (χ3v) is 7.41. The van der Waals surface area contributed by atoms with Gasteiger partial charge in [-0.1, -0.05) is 72.3 Å². The summed E-state index contributed by atoms with van der Waals surface area (Å²) in [4.78, 5) is 14.1. The van der Waals surface area contributed by atoms with E-state index in [1.54, 1.807) is 44.6 Å². The van der Waals surface area contributed by atoms with Gasteiger partial charge < -0.3 is 9.47 Å². The van der Waals surface area contributed by atoms with Gasteiger partial charge in [0.25, 0.3) is 5.91 Å². The lowest BCUT2D eigenvalue weighted by atomic mass is 9.96. The van der Waals surface area contributed by atoms with Gasteiger partial charge in [-0.2, -0.15) is 10.2 Å². The van der Waals surface area contributed by atoms with Gasteiger partial charge >= 0.3 is 0 Å². The van der Waals surface area contributed by atoms with E-state index >= 15 is 0 Å². The quantitative estimate of drug-likeness (QED) is 0.210. The predicted molar refractivity (Wildman–Crippen MR) is 160 cm³/mol. The van der Waals surface area contributed by atoms with E-state index in [-0.39, 0.29) is 5.91 Å². The molecule has 6 rings (SSSR count). The first-order chi connectivity index (χ1) is 20.1. The third kappa shape index (κ3) is 5.19. The zero-order chi connectivity index (χ0) is 28.3. The van der Waals surface area contributed by atoms with Gasteiger partial charge in [0.2, 0.25) is 0 Å². The van der Waals surface area contributed by atoms with Gasteiger partial charge in [-0.25, -0.2) is 9.69 Å². The summed E-state index contributed by atoms with van der Waals surface area (Å²) in [5.41, 5.74) is 5.40. The highest BCUT2D eigenvalue weighted by Crippen LogP contribution is 2.40. The number of aromatic nitrogens is 2. The molecule has 2 heterocycles. The lowest BCUT2D eigenvalue weighted by molar-refractivity contribution is 0.0712. The molecule has 1 aromatic heterocycles. The van der Waals surface area contributed by atoms with E-state index in [0.717, 1.165) is 33.8 Å². The number of hydrazone groups is 1. The van der Waals surface area contributed by atoms with Crippen LogP contribution in [0.4, 0.5) is 0 Å². The highest BCUT2D eigenvalue weighted by molar-refractivity contribution is 6.33. The van der Waals surface area contributed by atoms with E-state index in [9.17, 15) is 4.79 Å². The molecule has 0 saturated heterocycles. The summed E-state index contributed by atoms with van der Waals surface area (Å²) in [7, 11) is 3.21. The number of carbonyl (C=O) groups excluding carboxylic acids is 1. The van der Waals surface area contributed by atoms with E-state index in [4.69, 9.17) is 31.3 Å². The lowest BCUT2D eigenvalue weighted by Crippen LogP contribution is -2.27. The summed E-state index contributed by atoms with van der Waals surface area (Å²) in [5.74, 6) is 0.977. The molecule has 1 amide bonds. The topological polar surface area (TPSA) is 69.0 Å². The molecule has 1 atom stereocenters. The number of methoxy groups -OCH3 is 2. The van der Waals surface area contributed by atoms with Gasteiger partial charge in [0, 0.05) is 35.4 Å². The highest BCUT2D eigenvalue weighted by Gasteiger charge is 2.37. The molecule has 5 aromatic rings. The van der Waals surface area contributed by atoms with Crippen LogP contribution in [0.3, 0.4) is 0 Å². The van der Waals surface area contributed by atoms with Crippen molar-refractivity contribution in [3.63, 3.8) is 0 Å². The Balaban J connectivity index is 1.51. The highest BCUT2D eigenvalue weighted by atomic mass is 35.5. The first kappa shape index (κ1) is 26.3. The van der Waals surface area contributed by atoms with Crippen LogP contribution in [0.15, 0.2) is 114 Å². The van der Waals surface area contributed by atoms with Crippen LogP contribution in [0.2, 0.25) is 5.02 Å². The van der Waals surface area contributed by atoms with Crippen LogP contribution in [0.25, 0.3) is 16.9 Å². The standard InChI is InChI=1S/C33H27ClN4O3/c1-40-25-17-23(18-26(19-25)41-2)30-20-31(38(35-30)33(39)27-15-9-10-16-29(27)34)28-21-37(24-13-7-4-8-14-24)36-32(28)22-11-5-3-6-12-22/h3-19,21,31H,20H2,1-2H3/t31-/m0/s1. The Morgan fingerprint density at radius 2 is 1.46 bits per heavy atom. The maximum Gasteiger partial charge on any atom is 0.276 e. The molecule has 4 aromatic carbocycles. The number of halogens is 1. The minimum Gasteiger partial charge on any atom is -0.497 e. The number of hydrogen-bond acceptors (Lipinski definition) is 5. The van der Waals surface area contributed by atoms with Gasteiger partial charge in [0.15, 0.2) is 0 Å². The summed E-state index contributed by atoms with van der Waals surface area (Å²) >= 11 is 6.49. The van der Waals surface area contributed by atoms with Crippen LogP contribution >= 0.6 is 11.6 Å². The molecule has 0 unspecified atom stereocenters. The zero-order valence-corrected chi connectivity index (χ0v) is 23.3. The number of para-hydroxylation sites is 1. The van der Waals surface area contributed by atoms with Crippen molar-refractivity contribution in [1.29, 1.82) is 0 Å². The molecular formula is C33H27ClN4O3. The van der Waals surface area contributed by atoms with Gasteiger partial charge in [-0.3, -0.25) is 4.79 Å². The summed E-state index contributed by atoms with van der Waals surface area (Å²) in [5, 5.41) is 11.8. The normalized spacial score (nSPS) is 14.6. The van der Waals surface area contributed by atoms with Crippen LogP contribution in [-0.4, -0.2) is 40.6 Å². The summed E-state index contributed by atoms with van der Waals surface area (Å²) in [6.45, 7) is 0. The van der Waals surface area contributed by atoms with Gasteiger partial charge in [-0.05, 0) is 36.4 Å². The number of carbonyl (C=O) groups is 1. The fraction of sp³-hybridized carbons (Fsp3) is 0.121. The van der Waals surface area contributed by atoms with Crippen molar-refractivity contribution in [1.82, 2.24) is 14.8 Å². The van der Waals surface area contributed by atoms with Crippen molar-refractivity contribution >= 4 is 23.2 Å². The minimum absolute atomic E-state index is 0.295. The summed E-state index contributed by atoms with van der Waals surface area (Å²) in [6.07, 6.45) is 2.44. The second-order valence-corrected chi connectivity index (χ2v) is 9.98. The number of hydrogen-bond donors (Lipinski definition) is 0. The first-order valence-electron chi connectivity index (χ1n) is 13.1. The van der Waals surface area contributed by atoms with Crippen molar-refractivity contribution in [3.8, 4) is 28.4 Å². The molecule has 1 aliphatic heterocycles. The number of amides is 1. The molecule has 8 heteroatoms. The average molecular weight is 563 g/mol. The molecule has 0 N–H and O–H groups in total. The van der Waals surface area contributed by atoms with Gasteiger partial charge in [-0.15, -0.1) is 0 Å². The second kappa shape index (κ2) is 11.3. The van der Waals surface area contributed by atoms with Crippen molar-refractivity contribution in [2.75, 3.05) is 14.2 Å². The monoisotopic (exact) mass is 562 g/mol. The molecular weight excluding hydrogens is 536 g/mol. The van der Waals surface area contributed by atoms with Crippen LogP contribution < -0.4 is 9.47 Å². The summed E-state index contributed by atoms with van der Waals surface area (Å²) in [6, 6.07) is 32.0. The SMILES string of the molecule is COc1cc(OC)cc(C2=NN(C(=O)c3ccccc3Cl)[C@H](c3cn(-c4ccccc4)nc3-c3ccccc3)C2)c1. The first-order valence-corrected chi connectivity index (χ1v) is 13.5. The average Bonchev–Trinajstić information content (AvgIpc) is 3.67. The van der Waals surface area contributed by atoms with Crippen molar-refractivity contribution < 1.29 is 14.3 Å². The Morgan fingerprint density at radius 1 is 0.829 bits per heavy atom. The molecule has 0 bridgehead atoms. The Labute approximate surface area is 243 Å². The molecule has 0 aliphatic carbocycles. The Hall–Kier alpha value is -4.88. The Bertz CT molecular complexity index is 1710. The number of ether oxygens (including phenoxy) is 2. The molecule has 204 valence electrons. The van der Waals surface area contributed by atoms with Crippen molar-refractivity contribution in [2.45, 2.75) is 12.5 Å². The van der Waals surface area contributed by atoms with E-state index in [1.807, 2.05) is 83.7 Å². The number of rotatable bonds is 7. The van der Waals surface area contributed by atoms with Crippen LogP contribution in [0.5, 0.6) is 11.5 Å².